The lowest BCUT2D eigenvalue weighted by atomic mass is 10.3. The summed E-state index contributed by atoms with van der Waals surface area (Å²) < 4.78 is 0. The van der Waals surface area contributed by atoms with Crippen LogP contribution in [0.25, 0.3) is 0 Å². The highest BCUT2D eigenvalue weighted by atomic mass is 32.2. The van der Waals surface area contributed by atoms with Crippen LogP contribution in [0.3, 0.4) is 0 Å². The second kappa shape index (κ2) is 8.34. The third-order valence-corrected chi connectivity index (χ3v) is 3.47. The molecule has 0 aromatic carbocycles. The van der Waals surface area contributed by atoms with E-state index in [-0.39, 0.29) is 0 Å². The molecule has 1 N–H and O–H groups in total. The monoisotopic (exact) mass is 253 g/mol. The van der Waals surface area contributed by atoms with E-state index in [9.17, 15) is 0 Å². The van der Waals surface area contributed by atoms with Crippen molar-refractivity contribution in [1.82, 2.24) is 9.97 Å². The number of rotatable bonds is 8. The van der Waals surface area contributed by atoms with Gasteiger partial charge in [0, 0.05) is 19.5 Å². The number of thioether (sulfide) groups is 1. The molecule has 0 bridgehead atoms. The molecule has 1 rings (SSSR count). The molecule has 0 amide bonds. The predicted octanol–water partition coefficient (Wildman–Crippen LogP) is 3.75. The van der Waals surface area contributed by atoms with E-state index in [4.69, 9.17) is 0 Å². The van der Waals surface area contributed by atoms with E-state index in [2.05, 4.69) is 29.1 Å². The highest BCUT2D eigenvalue weighted by Crippen LogP contribution is 2.20. The molecular formula is C13H23N3S. The molecular weight excluding hydrogens is 230 g/mol. The lowest BCUT2D eigenvalue weighted by Crippen LogP contribution is -2.01. The first kappa shape index (κ1) is 14.3. The Kier molecular flexibility index (Phi) is 7.01. The summed E-state index contributed by atoms with van der Waals surface area (Å²) in [4.78, 5) is 9.03. The first-order valence-corrected chi connectivity index (χ1v) is 7.47. The summed E-state index contributed by atoms with van der Waals surface area (Å²) in [7, 11) is 1.91. The molecule has 3 nitrogen and oxygen atoms in total. The highest BCUT2D eigenvalue weighted by Gasteiger charge is 2.03. The summed E-state index contributed by atoms with van der Waals surface area (Å²) in [5.74, 6) is 3.04. The smallest absolute Gasteiger partial charge is 0.132 e. The standard InChI is InChI=1S/C13H23N3S/c1-4-6-7-9-17-13-10-12(14-3)15-11(16-13)8-5-2/h10H,4-9H2,1-3H3,(H,14,15,16). The van der Waals surface area contributed by atoms with E-state index < -0.39 is 0 Å². The minimum absolute atomic E-state index is 0.932. The van der Waals surface area contributed by atoms with Crippen LogP contribution >= 0.6 is 11.8 Å². The zero-order valence-corrected chi connectivity index (χ0v) is 11.9. The number of nitrogens with zero attached hydrogens (tertiary/aromatic N) is 2. The number of anilines is 1. The van der Waals surface area contributed by atoms with Crippen molar-refractivity contribution in [2.24, 2.45) is 0 Å². The van der Waals surface area contributed by atoms with Crippen LogP contribution < -0.4 is 5.32 Å². The molecule has 0 atom stereocenters. The number of nitrogens with one attached hydrogen (secondary N) is 1. The van der Waals surface area contributed by atoms with Crippen molar-refractivity contribution in [3.8, 4) is 0 Å². The van der Waals surface area contributed by atoms with Gasteiger partial charge in [-0.1, -0.05) is 26.7 Å². The molecule has 96 valence electrons. The minimum atomic E-state index is 0.932. The molecule has 1 aromatic rings. The average molecular weight is 253 g/mol. The van der Waals surface area contributed by atoms with Crippen molar-refractivity contribution in [3.05, 3.63) is 11.9 Å². The topological polar surface area (TPSA) is 37.8 Å². The summed E-state index contributed by atoms with van der Waals surface area (Å²) >= 11 is 1.84. The Balaban J connectivity index is 2.59. The highest BCUT2D eigenvalue weighted by molar-refractivity contribution is 7.99. The summed E-state index contributed by atoms with van der Waals surface area (Å²) in [6.07, 6.45) is 5.89. The summed E-state index contributed by atoms with van der Waals surface area (Å²) in [6.45, 7) is 4.39. The molecule has 0 saturated carbocycles. The normalized spacial score (nSPS) is 10.5. The molecule has 0 aliphatic carbocycles. The van der Waals surface area contributed by atoms with Crippen LogP contribution in [0.5, 0.6) is 0 Å². The maximum Gasteiger partial charge on any atom is 0.132 e. The predicted molar refractivity (Wildman–Crippen MR) is 75.8 cm³/mol. The molecule has 0 unspecified atom stereocenters. The third-order valence-electron chi connectivity index (χ3n) is 2.48. The van der Waals surface area contributed by atoms with Crippen LogP contribution in [-0.2, 0) is 6.42 Å². The van der Waals surface area contributed by atoms with Crippen molar-refractivity contribution in [1.29, 1.82) is 0 Å². The second-order valence-corrected chi connectivity index (χ2v) is 5.18. The van der Waals surface area contributed by atoms with Gasteiger partial charge in [0.25, 0.3) is 0 Å². The fourth-order valence-corrected chi connectivity index (χ4v) is 2.46. The Hall–Kier alpha value is -0.770. The van der Waals surface area contributed by atoms with Crippen molar-refractivity contribution >= 4 is 17.6 Å². The molecule has 17 heavy (non-hydrogen) atoms. The zero-order valence-electron chi connectivity index (χ0n) is 11.1. The Labute approximate surface area is 109 Å². The molecule has 4 heteroatoms. The van der Waals surface area contributed by atoms with Gasteiger partial charge in [0.15, 0.2) is 0 Å². The number of aryl methyl sites for hydroxylation is 1. The first-order valence-electron chi connectivity index (χ1n) is 6.48. The second-order valence-electron chi connectivity index (χ2n) is 4.06. The Morgan fingerprint density at radius 3 is 2.65 bits per heavy atom. The molecule has 0 saturated heterocycles. The van der Waals surface area contributed by atoms with Gasteiger partial charge in [0.05, 0.1) is 0 Å². The Morgan fingerprint density at radius 2 is 2.00 bits per heavy atom. The quantitative estimate of drug-likeness (QED) is 0.435. The zero-order chi connectivity index (χ0) is 12.5. The van der Waals surface area contributed by atoms with E-state index in [0.29, 0.717) is 0 Å². The molecule has 0 fully saturated rings. The van der Waals surface area contributed by atoms with Crippen molar-refractivity contribution in [2.45, 2.75) is 51.0 Å². The van der Waals surface area contributed by atoms with Gasteiger partial charge in [-0.3, -0.25) is 0 Å². The van der Waals surface area contributed by atoms with Crippen LogP contribution in [-0.4, -0.2) is 22.8 Å². The van der Waals surface area contributed by atoms with Crippen LogP contribution in [0.1, 0.15) is 45.4 Å². The van der Waals surface area contributed by atoms with Crippen LogP contribution in [0.4, 0.5) is 5.82 Å². The van der Waals surface area contributed by atoms with Gasteiger partial charge in [0.1, 0.15) is 16.7 Å². The largest absolute Gasteiger partial charge is 0.373 e. The summed E-state index contributed by atoms with van der Waals surface area (Å²) in [5.41, 5.74) is 0. The summed E-state index contributed by atoms with van der Waals surface area (Å²) in [5, 5.41) is 4.20. The van der Waals surface area contributed by atoms with Gasteiger partial charge in [-0.05, 0) is 18.6 Å². The van der Waals surface area contributed by atoms with Crippen LogP contribution in [0.15, 0.2) is 11.1 Å². The number of unbranched alkanes of at least 4 members (excludes halogenated alkanes) is 2. The van der Waals surface area contributed by atoms with Crippen LogP contribution in [0, 0.1) is 0 Å². The Morgan fingerprint density at radius 1 is 1.18 bits per heavy atom. The average Bonchev–Trinajstić information content (AvgIpc) is 2.35. The maximum absolute atomic E-state index is 4.58. The van der Waals surface area contributed by atoms with E-state index in [1.54, 1.807) is 0 Å². The van der Waals surface area contributed by atoms with E-state index in [1.165, 1.54) is 19.3 Å². The lowest BCUT2D eigenvalue weighted by molar-refractivity contribution is 0.776. The Bertz CT molecular complexity index is 328. The van der Waals surface area contributed by atoms with Crippen molar-refractivity contribution in [3.63, 3.8) is 0 Å². The van der Waals surface area contributed by atoms with Crippen molar-refractivity contribution < 1.29 is 0 Å². The van der Waals surface area contributed by atoms with Gasteiger partial charge >= 0.3 is 0 Å². The molecule has 1 heterocycles. The minimum Gasteiger partial charge on any atom is -0.373 e. The molecule has 1 aromatic heterocycles. The van der Waals surface area contributed by atoms with Gasteiger partial charge in [-0.25, -0.2) is 9.97 Å². The van der Waals surface area contributed by atoms with E-state index >= 15 is 0 Å². The first-order chi connectivity index (χ1) is 8.30. The number of hydrogen-bond acceptors (Lipinski definition) is 4. The maximum atomic E-state index is 4.58. The fourth-order valence-electron chi connectivity index (χ4n) is 1.54. The third kappa shape index (κ3) is 5.39. The summed E-state index contributed by atoms with van der Waals surface area (Å²) in [6, 6.07) is 2.04. The van der Waals surface area contributed by atoms with Gasteiger partial charge < -0.3 is 5.32 Å². The van der Waals surface area contributed by atoms with Gasteiger partial charge in [-0.15, -0.1) is 11.8 Å². The molecule has 0 aliphatic rings. The lowest BCUT2D eigenvalue weighted by Gasteiger charge is -2.06. The van der Waals surface area contributed by atoms with Crippen molar-refractivity contribution in [2.75, 3.05) is 18.1 Å². The number of hydrogen-bond donors (Lipinski definition) is 1. The van der Waals surface area contributed by atoms with E-state index in [1.807, 2.05) is 24.9 Å². The van der Waals surface area contributed by atoms with Gasteiger partial charge in [-0.2, -0.15) is 0 Å². The fraction of sp³-hybridized carbons (Fsp3) is 0.692. The van der Waals surface area contributed by atoms with Gasteiger partial charge in [0.2, 0.25) is 0 Å². The molecule has 0 spiro atoms. The number of aromatic nitrogens is 2. The SMILES string of the molecule is CCCCCSc1cc(NC)nc(CCC)n1. The van der Waals surface area contributed by atoms with Crippen LogP contribution in [0.2, 0.25) is 0 Å². The van der Waals surface area contributed by atoms with E-state index in [0.717, 1.165) is 35.3 Å². The molecule has 0 radical (unpaired) electrons. The molecule has 0 aliphatic heterocycles.